The summed E-state index contributed by atoms with van der Waals surface area (Å²) in [5, 5.41) is 22.6. The summed E-state index contributed by atoms with van der Waals surface area (Å²) >= 11 is 0. The molecule has 4 rings (SSSR count). The Morgan fingerprint density at radius 1 is 1.00 bits per heavy atom. The topological polar surface area (TPSA) is 104 Å². The lowest BCUT2D eigenvalue weighted by atomic mass is 9.94. The molecule has 1 aliphatic heterocycles. The minimum atomic E-state index is -0.912. The highest BCUT2D eigenvalue weighted by molar-refractivity contribution is 6.51. The molecular formula is C29H29N3O5. The van der Waals surface area contributed by atoms with Gasteiger partial charge < -0.3 is 10.0 Å². The van der Waals surface area contributed by atoms with Crippen LogP contribution in [0.5, 0.6) is 0 Å². The summed E-state index contributed by atoms with van der Waals surface area (Å²) in [6.07, 6.45) is 0. The minimum Gasteiger partial charge on any atom is -0.507 e. The molecular weight excluding hydrogens is 470 g/mol. The van der Waals surface area contributed by atoms with Crippen LogP contribution in [0.3, 0.4) is 0 Å². The van der Waals surface area contributed by atoms with Crippen molar-refractivity contribution in [1.82, 2.24) is 0 Å². The van der Waals surface area contributed by atoms with Crippen molar-refractivity contribution in [2.45, 2.75) is 33.7 Å². The maximum absolute atomic E-state index is 13.5. The molecule has 0 aromatic heterocycles. The molecule has 1 atom stereocenters. The highest BCUT2D eigenvalue weighted by Gasteiger charge is 2.47. The quantitative estimate of drug-likeness (QED) is 0.147. The number of carbonyl (C=O) groups excluding carboxylic acids is 2. The molecule has 8 nitrogen and oxygen atoms in total. The predicted octanol–water partition coefficient (Wildman–Crippen LogP) is 5.68. The Morgan fingerprint density at radius 3 is 2.30 bits per heavy atom. The first kappa shape index (κ1) is 25.6. The maximum Gasteiger partial charge on any atom is 0.300 e. The lowest BCUT2D eigenvalue weighted by Crippen LogP contribution is -2.30. The first-order valence-corrected chi connectivity index (χ1v) is 12.2. The zero-order valence-electron chi connectivity index (χ0n) is 21.3. The largest absolute Gasteiger partial charge is 0.507 e. The summed E-state index contributed by atoms with van der Waals surface area (Å²) in [4.78, 5) is 41.2. The molecule has 0 radical (unpaired) electrons. The van der Waals surface area contributed by atoms with Crippen LogP contribution in [-0.2, 0) is 9.59 Å². The van der Waals surface area contributed by atoms with Crippen molar-refractivity contribution in [3.05, 3.63) is 105 Å². The molecule has 1 saturated heterocycles. The van der Waals surface area contributed by atoms with Gasteiger partial charge in [-0.15, -0.1) is 0 Å². The van der Waals surface area contributed by atoms with E-state index in [2.05, 4.69) is 18.7 Å². The highest BCUT2D eigenvalue weighted by Crippen LogP contribution is 2.43. The van der Waals surface area contributed by atoms with Gasteiger partial charge in [0.1, 0.15) is 5.76 Å². The number of aliphatic hydroxyl groups is 1. The fourth-order valence-corrected chi connectivity index (χ4v) is 4.75. The standard InChI is InChI=1S/C29H29N3O5/c1-5-30(6-2)22-14-12-20(13-15-22)26-25(27(33)21-8-7-9-23(17-21)32(36)37)28(34)29(35)31(26)24-16-18(3)10-11-19(24)4/h7-17,26,33H,5-6H2,1-4H3/b27-25-. The first-order chi connectivity index (χ1) is 17.7. The number of benzene rings is 3. The summed E-state index contributed by atoms with van der Waals surface area (Å²) < 4.78 is 0. The Kier molecular flexibility index (Phi) is 7.11. The van der Waals surface area contributed by atoms with Crippen molar-refractivity contribution in [1.29, 1.82) is 0 Å². The molecule has 0 saturated carbocycles. The average Bonchev–Trinajstić information content (AvgIpc) is 3.16. The lowest BCUT2D eigenvalue weighted by molar-refractivity contribution is -0.384. The van der Waals surface area contributed by atoms with E-state index in [1.807, 2.05) is 56.3 Å². The number of ketones is 1. The van der Waals surface area contributed by atoms with E-state index in [9.17, 15) is 24.8 Å². The van der Waals surface area contributed by atoms with E-state index in [1.54, 1.807) is 0 Å². The van der Waals surface area contributed by atoms with E-state index < -0.39 is 28.4 Å². The second-order valence-corrected chi connectivity index (χ2v) is 9.03. The Balaban J connectivity index is 1.95. The van der Waals surface area contributed by atoms with Crippen LogP contribution in [0.1, 0.15) is 42.1 Å². The second kappa shape index (κ2) is 10.3. The van der Waals surface area contributed by atoms with Crippen molar-refractivity contribution < 1.29 is 19.6 Å². The molecule has 0 aliphatic carbocycles. The molecule has 8 heteroatoms. The monoisotopic (exact) mass is 499 g/mol. The number of rotatable bonds is 7. The third-order valence-electron chi connectivity index (χ3n) is 6.74. The van der Waals surface area contributed by atoms with Crippen molar-refractivity contribution in [2.24, 2.45) is 0 Å². The number of Topliss-reactive ketones (excluding diaryl/α,β-unsaturated/α-hetero) is 1. The molecule has 37 heavy (non-hydrogen) atoms. The number of nitrogens with zero attached hydrogens (tertiary/aromatic N) is 3. The zero-order chi connectivity index (χ0) is 26.9. The highest BCUT2D eigenvalue weighted by atomic mass is 16.6. The number of nitro groups is 1. The SMILES string of the molecule is CCN(CC)c1ccc(C2/C(=C(/O)c3cccc([N+](=O)[O-])c3)C(=O)C(=O)N2c2cc(C)ccc2C)cc1. The summed E-state index contributed by atoms with van der Waals surface area (Å²) in [6, 6.07) is 17.7. The molecule has 190 valence electrons. The number of carbonyl (C=O) groups is 2. The predicted molar refractivity (Wildman–Crippen MR) is 144 cm³/mol. The summed E-state index contributed by atoms with van der Waals surface area (Å²) in [5.41, 5.74) is 3.68. The van der Waals surface area contributed by atoms with Crippen molar-refractivity contribution in [3.8, 4) is 0 Å². The number of hydrogen-bond donors (Lipinski definition) is 1. The van der Waals surface area contributed by atoms with Crippen molar-refractivity contribution in [2.75, 3.05) is 22.9 Å². The third kappa shape index (κ3) is 4.70. The number of aryl methyl sites for hydroxylation is 2. The average molecular weight is 500 g/mol. The van der Waals surface area contributed by atoms with Gasteiger partial charge in [0.2, 0.25) is 0 Å². The number of hydrogen-bond acceptors (Lipinski definition) is 6. The molecule has 1 heterocycles. The molecule has 1 fully saturated rings. The van der Waals surface area contributed by atoms with Gasteiger partial charge in [0.15, 0.2) is 0 Å². The number of aliphatic hydroxyl groups excluding tert-OH is 1. The number of amides is 1. The number of non-ortho nitro benzene ring substituents is 1. The fourth-order valence-electron chi connectivity index (χ4n) is 4.75. The van der Waals surface area contributed by atoms with Crippen LogP contribution in [0.4, 0.5) is 17.1 Å². The Labute approximate surface area is 215 Å². The van der Waals surface area contributed by atoms with E-state index in [0.29, 0.717) is 11.3 Å². The molecule has 3 aromatic rings. The van der Waals surface area contributed by atoms with Gasteiger partial charge in [0, 0.05) is 42.2 Å². The van der Waals surface area contributed by atoms with E-state index in [-0.39, 0.29) is 16.8 Å². The summed E-state index contributed by atoms with van der Waals surface area (Å²) in [6.45, 7) is 9.52. The van der Waals surface area contributed by atoms with Crippen LogP contribution in [0.25, 0.3) is 5.76 Å². The van der Waals surface area contributed by atoms with Gasteiger partial charge in [-0.1, -0.05) is 36.4 Å². The molecule has 1 unspecified atom stereocenters. The summed E-state index contributed by atoms with van der Waals surface area (Å²) in [7, 11) is 0. The van der Waals surface area contributed by atoms with Gasteiger partial charge in [0.05, 0.1) is 16.5 Å². The Morgan fingerprint density at radius 2 is 1.68 bits per heavy atom. The Bertz CT molecular complexity index is 1410. The zero-order valence-corrected chi connectivity index (χ0v) is 21.3. The van der Waals surface area contributed by atoms with E-state index in [4.69, 9.17) is 0 Å². The lowest BCUT2D eigenvalue weighted by Gasteiger charge is -2.28. The van der Waals surface area contributed by atoms with Crippen LogP contribution in [-0.4, -0.2) is 34.8 Å². The molecule has 1 aliphatic rings. The molecule has 1 amide bonds. The molecule has 3 aromatic carbocycles. The van der Waals surface area contributed by atoms with E-state index in [0.717, 1.165) is 29.9 Å². The van der Waals surface area contributed by atoms with E-state index >= 15 is 0 Å². The van der Waals surface area contributed by atoms with Gasteiger partial charge in [-0.2, -0.15) is 0 Å². The minimum absolute atomic E-state index is 0.0953. The first-order valence-electron chi connectivity index (χ1n) is 12.2. The molecule has 1 N–H and O–H groups in total. The number of anilines is 2. The Hall–Kier alpha value is -4.46. The fraction of sp³-hybridized carbons (Fsp3) is 0.241. The second-order valence-electron chi connectivity index (χ2n) is 9.03. The van der Waals surface area contributed by atoms with Gasteiger partial charge >= 0.3 is 0 Å². The third-order valence-corrected chi connectivity index (χ3v) is 6.74. The van der Waals surface area contributed by atoms with Gasteiger partial charge in [-0.05, 0) is 62.6 Å². The van der Waals surface area contributed by atoms with Gasteiger partial charge in [-0.25, -0.2) is 0 Å². The van der Waals surface area contributed by atoms with Crippen LogP contribution >= 0.6 is 0 Å². The summed E-state index contributed by atoms with van der Waals surface area (Å²) in [5.74, 6) is -2.06. The molecule has 0 spiro atoms. The molecule has 0 bridgehead atoms. The van der Waals surface area contributed by atoms with Crippen LogP contribution in [0.2, 0.25) is 0 Å². The van der Waals surface area contributed by atoms with Crippen molar-refractivity contribution >= 4 is 34.5 Å². The van der Waals surface area contributed by atoms with Crippen LogP contribution in [0.15, 0.2) is 72.3 Å². The van der Waals surface area contributed by atoms with Crippen LogP contribution in [0, 0.1) is 24.0 Å². The van der Waals surface area contributed by atoms with Gasteiger partial charge in [0.25, 0.3) is 17.4 Å². The normalized spacial score (nSPS) is 16.8. The van der Waals surface area contributed by atoms with Crippen LogP contribution < -0.4 is 9.80 Å². The number of nitro benzene ring substituents is 1. The van der Waals surface area contributed by atoms with Gasteiger partial charge in [-0.3, -0.25) is 24.6 Å². The van der Waals surface area contributed by atoms with E-state index in [1.165, 1.54) is 29.2 Å². The smallest absolute Gasteiger partial charge is 0.300 e. The van der Waals surface area contributed by atoms with Crippen molar-refractivity contribution in [3.63, 3.8) is 0 Å². The maximum atomic E-state index is 13.5.